The first-order valence-corrected chi connectivity index (χ1v) is 9.12. The Kier molecular flexibility index (Phi) is 5.53. The number of carboxylic acid groups (broad SMARTS) is 1. The van der Waals surface area contributed by atoms with Gasteiger partial charge in [0, 0.05) is 16.8 Å². The van der Waals surface area contributed by atoms with Crippen LogP contribution in [0.5, 0.6) is 0 Å². The molecule has 2 rings (SSSR count). The van der Waals surface area contributed by atoms with E-state index >= 15 is 0 Å². The fourth-order valence-electron chi connectivity index (χ4n) is 2.40. The molecule has 0 saturated heterocycles. The summed E-state index contributed by atoms with van der Waals surface area (Å²) < 4.78 is 13.6. The Hall–Kier alpha value is -1.90. The molecule has 0 fully saturated rings. The van der Waals surface area contributed by atoms with Crippen molar-refractivity contribution < 1.29 is 14.5 Å². The molecule has 3 N–H and O–H groups in total. The van der Waals surface area contributed by atoms with E-state index in [0.29, 0.717) is 19.0 Å². The van der Waals surface area contributed by atoms with Crippen LogP contribution in [-0.2, 0) is 9.36 Å². The van der Waals surface area contributed by atoms with Crippen molar-refractivity contribution in [3.8, 4) is 0 Å². The highest BCUT2D eigenvalue weighted by Gasteiger charge is 2.27. The van der Waals surface area contributed by atoms with Crippen molar-refractivity contribution in [1.82, 2.24) is 0 Å². The summed E-state index contributed by atoms with van der Waals surface area (Å²) in [4.78, 5) is 10.8. The lowest BCUT2D eigenvalue weighted by molar-refractivity contribution is -0.138. The summed E-state index contributed by atoms with van der Waals surface area (Å²) in [7, 11) is -2.76. The molecule has 22 heavy (non-hydrogen) atoms. The van der Waals surface area contributed by atoms with Gasteiger partial charge in [-0.2, -0.15) is 0 Å². The normalized spacial score (nSPS) is 12.8. The van der Waals surface area contributed by atoms with E-state index < -0.39 is 19.2 Å². The molecule has 0 spiro atoms. The maximum absolute atomic E-state index is 13.6. The van der Waals surface area contributed by atoms with Crippen molar-refractivity contribution in [2.45, 2.75) is 18.9 Å². The van der Waals surface area contributed by atoms with Crippen LogP contribution in [0.1, 0.15) is 12.8 Å². The Morgan fingerprint density at radius 1 is 1.00 bits per heavy atom. The van der Waals surface area contributed by atoms with E-state index in [0.717, 1.165) is 10.6 Å². The fourth-order valence-corrected chi connectivity index (χ4v) is 5.15. The lowest BCUT2D eigenvalue weighted by Gasteiger charge is -2.19. The van der Waals surface area contributed by atoms with Crippen LogP contribution in [0.25, 0.3) is 0 Å². The zero-order valence-electron chi connectivity index (χ0n) is 12.3. The molecule has 5 heteroatoms. The molecule has 0 heterocycles. The summed E-state index contributed by atoms with van der Waals surface area (Å²) in [6, 6.07) is 17.8. The van der Waals surface area contributed by atoms with E-state index in [4.69, 9.17) is 10.8 Å². The Bertz CT molecular complexity index is 615. The van der Waals surface area contributed by atoms with Crippen LogP contribution in [-0.4, -0.2) is 23.3 Å². The average molecular weight is 317 g/mol. The first-order chi connectivity index (χ1) is 10.5. The molecule has 0 aliphatic carbocycles. The molecule has 4 nitrogen and oxygen atoms in total. The van der Waals surface area contributed by atoms with Gasteiger partial charge in [0.05, 0.1) is 0 Å². The standard InChI is InChI=1S/C17H20NO3P/c18-16(17(19)20)12-7-13-22(21,14-8-3-1-4-9-14)15-10-5-2-6-11-15/h1-6,8-11,16H,7,12-13,18H2,(H,19,20). The molecule has 0 bridgehead atoms. The number of rotatable bonds is 7. The molecule has 0 amide bonds. The van der Waals surface area contributed by atoms with Gasteiger partial charge >= 0.3 is 5.97 Å². The van der Waals surface area contributed by atoms with E-state index in [1.54, 1.807) is 0 Å². The van der Waals surface area contributed by atoms with Crippen LogP contribution in [0.15, 0.2) is 60.7 Å². The minimum Gasteiger partial charge on any atom is -0.480 e. The number of benzene rings is 2. The SMILES string of the molecule is NC(CCCP(=O)(c1ccccc1)c1ccccc1)C(=O)O. The van der Waals surface area contributed by atoms with Gasteiger partial charge in [-0.3, -0.25) is 4.79 Å². The van der Waals surface area contributed by atoms with Gasteiger partial charge in [-0.05, 0) is 12.8 Å². The van der Waals surface area contributed by atoms with Crippen LogP contribution >= 0.6 is 7.14 Å². The average Bonchev–Trinajstić information content (AvgIpc) is 2.56. The van der Waals surface area contributed by atoms with Crippen molar-refractivity contribution in [2.24, 2.45) is 5.73 Å². The molecule has 0 saturated carbocycles. The highest BCUT2D eigenvalue weighted by atomic mass is 31.2. The fraction of sp³-hybridized carbons (Fsp3) is 0.235. The predicted molar refractivity (Wildman–Crippen MR) is 89.5 cm³/mol. The minimum atomic E-state index is -2.76. The number of carboxylic acids is 1. The number of carbonyl (C=O) groups is 1. The van der Waals surface area contributed by atoms with E-state index in [-0.39, 0.29) is 0 Å². The number of aliphatic carboxylic acids is 1. The van der Waals surface area contributed by atoms with Crippen LogP contribution in [0.3, 0.4) is 0 Å². The van der Waals surface area contributed by atoms with Gasteiger partial charge in [0.1, 0.15) is 13.2 Å². The molecule has 0 radical (unpaired) electrons. The van der Waals surface area contributed by atoms with Crippen LogP contribution in [0.4, 0.5) is 0 Å². The second-order valence-electron chi connectivity index (χ2n) is 5.22. The Labute approximate surface area is 130 Å². The highest BCUT2D eigenvalue weighted by molar-refractivity contribution is 7.78. The maximum atomic E-state index is 13.6. The van der Waals surface area contributed by atoms with Crippen molar-refractivity contribution in [3.05, 3.63) is 60.7 Å². The summed E-state index contributed by atoms with van der Waals surface area (Å²) in [5.41, 5.74) is 5.53. The molecule has 1 unspecified atom stereocenters. The Morgan fingerprint density at radius 2 is 1.45 bits per heavy atom. The summed E-state index contributed by atoms with van der Waals surface area (Å²) >= 11 is 0. The Balaban J connectivity index is 2.24. The largest absolute Gasteiger partial charge is 0.480 e. The lowest BCUT2D eigenvalue weighted by Crippen LogP contribution is -2.30. The summed E-state index contributed by atoms with van der Waals surface area (Å²) in [6.07, 6.45) is 1.25. The van der Waals surface area contributed by atoms with Crippen molar-refractivity contribution in [2.75, 3.05) is 6.16 Å². The minimum absolute atomic E-state index is 0.318. The highest BCUT2D eigenvalue weighted by Crippen LogP contribution is 2.44. The molecule has 0 aliphatic heterocycles. The van der Waals surface area contributed by atoms with Gasteiger partial charge in [0.25, 0.3) is 0 Å². The molecule has 0 aliphatic rings. The summed E-state index contributed by atoms with van der Waals surface area (Å²) in [5.74, 6) is -1.02. The predicted octanol–water partition coefficient (Wildman–Crippen LogP) is 2.19. The summed E-state index contributed by atoms with van der Waals surface area (Å²) in [5, 5.41) is 10.4. The smallest absolute Gasteiger partial charge is 0.320 e. The quantitative estimate of drug-likeness (QED) is 0.767. The second-order valence-corrected chi connectivity index (χ2v) is 8.18. The topological polar surface area (TPSA) is 80.4 Å². The van der Waals surface area contributed by atoms with Crippen LogP contribution < -0.4 is 16.3 Å². The molecule has 1 atom stereocenters. The third-order valence-corrected chi connectivity index (χ3v) is 6.86. The number of hydrogen-bond acceptors (Lipinski definition) is 3. The van der Waals surface area contributed by atoms with Crippen molar-refractivity contribution in [1.29, 1.82) is 0 Å². The first kappa shape index (κ1) is 16.5. The van der Waals surface area contributed by atoms with E-state index in [1.807, 2.05) is 60.7 Å². The third kappa shape index (κ3) is 3.85. The number of hydrogen-bond donors (Lipinski definition) is 2. The molecule has 0 aromatic heterocycles. The van der Waals surface area contributed by atoms with Gasteiger partial charge in [-0.15, -0.1) is 0 Å². The maximum Gasteiger partial charge on any atom is 0.320 e. The Morgan fingerprint density at radius 3 is 1.86 bits per heavy atom. The van der Waals surface area contributed by atoms with Crippen molar-refractivity contribution >= 4 is 23.7 Å². The van der Waals surface area contributed by atoms with E-state index in [9.17, 15) is 9.36 Å². The summed E-state index contributed by atoms with van der Waals surface area (Å²) in [6.45, 7) is 0. The molecular formula is C17H20NO3P. The monoisotopic (exact) mass is 317 g/mol. The van der Waals surface area contributed by atoms with Gasteiger partial charge in [-0.25, -0.2) is 0 Å². The zero-order chi connectivity index (χ0) is 16.0. The molecular weight excluding hydrogens is 297 g/mol. The van der Waals surface area contributed by atoms with Crippen LogP contribution in [0, 0.1) is 0 Å². The van der Waals surface area contributed by atoms with Crippen LogP contribution in [0.2, 0.25) is 0 Å². The van der Waals surface area contributed by atoms with Gasteiger partial charge in [-0.1, -0.05) is 60.7 Å². The zero-order valence-corrected chi connectivity index (χ0v) is 13.2. The van der Waals surface area contributed by atoms with Gasteiger partial charge in [0.2, 0.25) is 0 Å². The molecule has 2 aromatic rings. The number of nitrogens with two attached hydrogens (primary N) is 1. The van der Waals surface area contributed by atoms with E-state index in [2.05, 4.69) is 0 Å². The third-order valence-electron chi connectivity index (χ3n) is 3.65. The van der Waals surface area contributed by atoms with Crippen molar-refractivity contribution in [3.63, 3.8) is 0 Å². The van der Waals surface area contributed by atoms with Gasteiger partial charge < -0.3 is 15.4 Å². The second kappa shape index (κ2) is 7.39. The first-order valence-electron chi connectivity index (χ1n) is 7.23. The molecule has 116 valence electrons. The molecule has 2 aromatic carbocycles. The van der Waals surface area contributed by atoms with Gasteiger partial charge in [0.15, 0.2) is 0 Å². The lowest BCUT2D eigenvalue weighted by atomic mass is 10.2. The van der Waals surface area contributed by atoms with E-state index in [1.165, 1.54) is 0 Å².